The van der Waals surface area contributed by atoms with E-state index in [2.05, 4.69) is 0 Å². The monoisotopic (exact) mass is 485 g/mol. The van der Waals surface area contributed by atoms with Gasteiger partial charge in [0.25, 0.3) is 5.56 Å². The topological polar surface area (TPSA) is 98.7 Å². The fraction of sp³-hybridized carbons (Fsp3) is 0.0741. The number of esters is 1. The zero-order valence-corrected chi connectivity index (χ0v) is 19.4. The molecule has 0 saturated carbocycles. The van der Waals surface area contributed by atoms with E-state index in [0.29, 0.717) is 21.4 Å². The Bertz CT molecular complexity index is 1690. The third-order valence-corrected chi connectivity index (χ3v) is 6.71. The molecular weight excluding hydrogens is 466 g/mol. The van der Waals surface area contributed by atoms with Crippen molar-refractivity contribution in [2.75, 3.05) is 7.11 Å². The van der Waals surface area contributed by atoms with E-state index in [1.807, 2.05) is 30.3 Å². The molecule has 174 valence electrons. The molecule has 0 radical (unpaired) electrons. The molecule has 3 aromatic carbocycles. The van der Waals surface area contributed by atoms with Gasteiger partial charge < -0.3 is 18.8 Å². The van der Waals surface area contributed by atoms with Gasteiger partial charge in [-0.25, -0.2) is 9.59 Å². The summed E-state index contributed by atoms with van der Waals surface area (Å²) < 4.78 is 11.9. The second kappa shape index (κ2) is 9.15. The summed E-state index contributed by atoms with van der Waals surface area (Å²) in [6.07, 6.45) is 0. The summed E-state index contributed by atoms with van der Waals surface area (Å²) in [7, 11) is 1.29. The quantitative estimate of drug-likeness (QED) is 0.282. The molecule has 0 aliphatic rings. The van der Waals surface area contributed by atoms with E-state index in [1.165, 1.54) is 7.11 Å². The van der Waals surface area contributed by atoms with Crippen LogP contribution in [0.2, 0.25) is 0 Å². The number of ether oxygens (including phenoxy) is 1. The molecular formula is C27H19NO6S. The lowest BCUT2D eigenvalue weighted by molar-refractivity contribution is 0.0600. The summed E-state index contributed by atoms with van der Waals surface area (Å²) in [6.45, 7) is 0.284. The largest absolute Gasteiger partial charge is 0.505 e. The summed E-state index contributed by atoms with van der Waals surface area (Å²) in [6, 6.07) is 22.9. The minimum atomic E-state index is -0.762. The number of para-hydroxylation sites is 1. The summed E-state index contributed by atoms with van der Waals surface area (Å²) in [5.74, 6) is -0.920. The molecule has 2 heterocycles. The molecule has 0 bridgehead atoms. The van der Waals surface area contributed by atoms with Crippen LogP contribution in [0, 0.1) is 0 Å². The van der Waals surface area contributed by atoms with Crippen molar-refractivity contribution in [3.8, 4) is 5.75 Å². The van der Waals surface area contributed by atoms with Crippen LogP contribution < -0.4 is 11.2 Å². The molecule has 7 nitrogen and oxygen atoms in total. The van der Waals surface area contributed by atoms with Gasteiger partial charge in [0.1, 0.15) is 10.3 Å². The van der Waals surface area contributed by atoms with Gasteiger partial charge in [0, 0.05) is 10.3 Å². The number of pyridine rings is 1. The van der Waals surface area contributed by atoms with E-state index < -0.39 is 22.9 Å². The average molecular weight is 486 g/mol. The standard InChI is InChI=1S/C27H19NO6S/c1-33-26(31)17-11-13-18(14-12-17)35-24-22(29)21-23(34-27(24)32)19-9-5-6-10-20(19)28(25(21)30)15-16-7-3-2-4-8-16/h2-14,29H,15H2,1H3. The van der Waals surface area contributed by atoms with Gasteiger partial charge in [-0.15, -0.1) is 0 Å². The van der Waals surface area contributed by atoms with Crippen molar-refractivity contribution in [2.24, 2.45) is 0 Å². The van der Waals surface area contributed by atoms with Crippen LogP contribution in [0.3, 0.4) is 0 Å². The van der Waals surface area contributed by atoms with Crippen LogP contribution in [0.1, 0.15) is 15.9 Å². The molecule has 0 amide bonds. The second-order valence-corrected chi connectivity index (χ2v) is 8.87. The predicted molar refractivity (Wildman–Crippen MR) is 133 cm³/mol. The van der Waals surface area contributed by atoms with Crippen molar-refractivity contribution in [2.45, 2.75) is 16.3 Å². The lowest BCUT2D eigenvalue weighted by Crippen LogP contribution is -2.22. The molecule has 0 aliphatic heterocycles. The molecule has 35 heavy (non-hydrogen) atoms. The Morgan fingerprint density at radius 2 is 1.66 bits per heavy atom. The molecule has 5 rings (SSSR count). The van der Waals surface area contributed by atoms with E-state index in [0.717, 1.165) is 17.3 Å². The highest BCUT2D eigenvalue weighted by atomic mass is 32.2. The molecule has 0 aliphatic carbocycles. The highest BCUT2D eigenvalue weighted by Gasteiger charge is 2.22. The van der Waals surface area contributed by atoms with Crippen LogP contribution >= 0.6 is 11.8 Å². The number of benzene rings is 3. The predicted octanol–water partition coefficient (Wildman–Crippen LogP) is 4.80. The van der Waals surface area contributed by atoms with Gasteiger partial charge in [-0.3, -0.25) is 4.79 Å². The van der Waals surface area contributed by atoms with Crippen LogP contribution in [-0.2, 0) is 11.3 Å². The third-order valence-electron chi connectivity index (χ3n) is 5.64. The fourth-order valence-electron chi connectivity index (χ4n) is 3.95. The first kappa shape index (κ1) is 22.5. The maximum absolute atomic E-state index is 13.6. The Balaban J connectivity index is 1.69. The van der Waals surface area contributed by atoms with Crippen molar-refractivity contribution in [3.05, 3.63) is 111 Å². The Kier molecular flexibility index (Phi) is 5.88. The number of nitrogens with zero attached hydrogens (tertiary/aromatic N) is 1. The molecule has 5 aromatic rings. The third kappa shape index (κ3) is 4.08. The number of rotatable bonds is 5. The van der Waals surface area contributed by atoms with E-state index in [1.54, 1.807) is 53.1 Å². The second-order valence-electron chi connectivity index (χ2n) is 7.78. The maximum atomic E-state index is 13.6. The van der Waals surface area contributed by atoms with Gasteiger partial charge in [0.2, 0.25) is 0 Å². The van der Waals surface area contributed by atoms with E-state index in [4.69, 9.17) is 9.15 Å². The number of aromatic nitrogens is 1. The maximum Gasteiger partial charge on any atom is 0.354 e. The Morgan fingerprint density at radius 3 is 2.37 bits per heavy atom. The smallest absolute Gasteiger partial charge is 0.354 e. The van der Waals surface area contributed by atoms with E-state index >= 15 is 0 Å². The lowest BCUT2D eigenvalue weighted by atomic mass is 10.1. The van der Waals surface area contributed by atoms with E-state index in [9.17, 15) is 19.5 Å². The highest BCUT2D eigenvalue weighted by molar-refractivity contribution is 7.99. The molecule has 0 saturated heterocycles. The fourth-order valence-corrected chi connectivity index (χ4v) is 4.78. The summed E-state index contributed by atoms with van der Waals surface area (Å²) >= 11 is 0.951. The Hall–Kier alpha value is -4.30. The van der Waals surface area contributed by atoms with Crippen molar-refractivity contribution in [1.29, 1.82) is 0 Å². The highest BCUT2D eigenvalue weighted by Crippen LogP contribution is 2.37. The number of hydrogen-bond donors (Lipinski definition) is 1. The van der Waals surface area contributed by atoms with Crippen molar-refractivity contribution >= 4 is 39.6 Å². The number of hydrogen-bond acceptors (Lipinski definition) is 7. The van der Waals surface area contributed by atoms with Gasteiger partial charge >= 0.3 is 11.6 Å². The lowest BCUT2D eigenvalue weighted by Gasteiger charge is -2.14. The van der Waals surface area contributed by atoms with Gasteiger partial charge in [0.05, 0.1) is 24.7 Å². The SMILES string of the molecule is COC(=O)c1ccc(Sc2c(O)c3c(=O)n(Cc4ccccc4)c4ccccc4c3oc2=O)cc1. The van der Waals surface area contributed by atoms with Crippen LogP contribution in [0.4, 0.5) is 0 Å². The first-order valence-electron chi connectivity index (χ1n) is 10.7. The van der Waals surface area contributed by atoms with E-state index in [-0.39, 0.29) is 22.4 Å². The van der Waals surface area contributed by atoms with Gasteiger partial charge in [-0.1, -0.05) is 54.2 Å². The minimum absolute atomic E-state index is 0.0443. The Labute approximate surface area is 203 Å². The van der Waals surface area contributed by atoms with Crippen molar-refractivity contribution in [3.63, 3.8) is 0 Å². The minimum Gasteiger partial charge on any atom is -0.505 e. The summed E-state index contributed by atoms with van der Waals surface area (Å²) in [5, 5.41) is 11.6. The van der Waals surface area contributed by atoms with Crippen LogP contribution in [-0.4, -0.2) is 22.8 Å². The zero-order valence-electron chi connectivity index (χ0n) is 18.6. The first-order chi connectivity index (χ1) is 17.0. The van der Waals surface area contributed by atoms with Gasteiger partial charge in [0.15, 0.2) is 11.3 Å². The first-order valence-corrected chi connectivity index (χ1v) is 11.5. The average Bonchev–Trinajstić information content (AvgIpc) is 2.89. The number of carbonyl (C=O) groups excluding carboxylic acids is 1. The van der Waals surface area contributed by atoms with Crippen LogP contribution in [0.15, 0.2) is 103 Å². The zero-order chi connectivity index (χ0) is 24.5. The molecule has 2 aromatic heterocycles. The van der Waals surface area contributed by atoms with Crippen LogP contribution in [0.25, 0.3) is 21.9 Å². The molecule has 0 spiro atoms. The number of methoxy groups -OCH3 is 1. The van der Waals surface area contributed by atoms with Gasteiger partial charge in [-0.2, -0.15) is 0 Å². The summed E-state index contributed by atoms with van der Waals surface area (Å²) in [5.41, 5.74) is 0.672. The summed E-state index contributed by atoms with van der Waals surface area (Å²) in [4.78, 5) is 38.6. The van der Waals surface area contributed by atoms with Crippen LogP contribution in [0.5, 0.6) is 5.75 Å². The molecule has 8 heteroatoms. The van der Waals surface area contributed by atoms with Crippen molar-refractivity contribution < 1.29 is 19.1 Å². The number of fused-ring (bicyclic) bond motifs is 3. The number of aromatic hydroxyl groups is 1. The number of carbonyl (C=O) groups is 1. The molecule has 0 fully saturated rings. The van der Waals surface area contributed by atoms with Gasteiger partial charge in [-0.05, 0) is 42.0 Å². The van der Waals surface area contributed by atoms with Crippen molar-refractivity contribution in [1.82, 2.24) is 4.57 Å². The molecule has 0 unspecified atom stereocenters. The molecule has 1 N–H and O–H groups in total. The normalized spacial score (nSPS) is 11.1. The Morgan fingerprint density at radius 1 is 0.971 bits per heavy atom. The molecule has 0 atom stereocenters.